The van der Waals surface area contributed by atoms with Gasteiger partial charge in [0.1, 0.15) is 6.04 Å². The number of hydrogen-bond donors (Lipinski definition) is 3. The normalized spacial score (nSPS) is 14.8. The molecule has 0 aliphatic rings. The maximum atomic E-state index is 11.2. The first-order valence-corrected chi connectivity index (χ1v) is 4.61. The van der Waals surface area contributed by atoms with Crippen molar-refractivity contribution in [1.82, 2.24) is 14.8 Å². The molecule has 7 nitrogen and oxygen atoms in total. The average Bonchev–Trinajstić information content (AvgIpc) is 2.49. The summed E-state index contributed by atoms with van der Waals surface area (Å²) in [5, 5.41) is 13.1. The van der Waals surface area contributed by atoms with Crippen molar-refractivity contribution in [1.29, 1.82) is 0 Å². The second kappa shape index (κ2) is 4.16. The summed E-state index contributed by atoms with van der Waals surface area (Å²) in [4.78, 5) is 33.4. The topological polar surface area (TPSA) is 108 Å². The van der Waals surface area contributed by atoms with E-state index in [0.29, 0.717) is 11.0 Å². The lowest BCUT2D eigenvalue weighted by Crippen LogP contribution is -2.38. The smallest absolute Gasteiger partial charge is 0.345 e. The number of carboxylic acids is 1. The second-order valence-electron chi connectivity index (χ2n) is 3.40. The SMILES string of the molecule is CCC(C)C(C(=O)O)n1c(=O)[nH][nH]c1=O. The number of carboxylic acid groups (broad SMARTS) is 1. The zero-order chi connectivity index (χ0) is 11.6. The lowest BCUT2D eigenvalue weighted by atomic mass is 9.99. The van der Waals surface area contributed by atoms with Gasteiger partial charge in [0.05, 0.1) is 0 Å². The first-order valence-electron chi connectivity index (χ1n) is 4.61. The molecule has 0 fully saturated rings. The van der Waals surface area contributed by atoms with Crippen LogP contribution >= 0.6 is 0 Å². The predicted molar refractivity (Wildman–Crippen MR) is 51.8 cm³/mol. The average molecular weight is 215 g/mol. The number of aromatic nitrogens is 3. The van der Waals surface area contributed by atoms with Crippen molar-refractivity contribution in [2.75, 3.05) is 0 Å². The molecule has 0 saturated heterocycles. The Morgan fingerprint density at radius 1 is 1.40 bits per heavy atom. The minimum absolute atomic E-state index is 0.294. The van der Waals surface area contributed by atoms with Crippen molar-refractivity contribution in [3.63, 3.8) is 0 Å². The molecule has 0 amide bonds. The monoisotopic (exact) mass is 215 g/mol. The highest BCUT2D eigenvalue weighted by atomic mass is 16.4. The number of hydrogen-bond acceptors (Lipinski definition) is 3. The maximum Gasteiger partial charge on any atom is 0.345 e. The molecule has 2 unspecified atom stereocenters. The summed E-state index contributed by atoms with van der Waals surface area (Å²) in [7, 11) is 0. The van der Waals surface area contributed by atoms with Crippen LogP contribution in [0, 0.1) is 5.92 Å². The lowest BCUT2D eigenvalue weighted by molar-refractivity contribution is -0.142. The lowest BCUT2D eigenvalue weighted by Gasteiger charge is -2.17. The van der Waals surface area contributed by atoms with Crippen molar-refractivity contribution in [2.24, 2.45) is 5.92 Å². The largest absolute Gasteiger partial charge is 0.480 e. The fourth-order valence-electron chi connectivity index (χ4n) is 1.40. The fraction of sp³-hybridized carbons (Fsp3) is 0.625. The van der Waals surface area contributed by atoms with E-state index in [1.54, 1.807) is 13.8 Å². The van der Waals surface area contributed by atoms with Gasteiger partial charge in [0, 0.05) is 0 Å². The molecular weight excluding hydrogens is 202 g/mol. The molecule has 1 aromatic rings. The minimum atomic E-state index is -1.18. The van der Waals surface area contributed by atoms with Gasteiger partial charge in [-0.25, -0.2) is 29.1 Å². The van der Waals surface area contributed by atoms with Gasteiger partial charge in [-0.2, -0.15) is 0 Å². The van der Waals surface area contributed by atoms with Gasteiger partial charge in [-0.3, -0.25) is 0 Å². The fourth-order valence-corrected chi connectivity index (χ4v) is 1.40. The van der Waals surface area contributed by atoms with Crippen molar-refractivity contribution < 1.29 is 9.90 Å². The Morgan fingerprint density at radius 2 is 1.87 bits per heavy atom. The Kier molecular flexibility index (Phi) is 3.13. The Morgan fingerprint density at radius 3 is 2.20 bits per heavy atom. The van der Waals surface area contributed by atoms with Gasteiger partial charge in [-0.15, -0.1) is 0 Å². The first-order chi connectivity index (χ1) is 6.99. The van der Waals surface area contributed by atoms with Gasteiger partial charge in [0.15, 0.2) is 0 Å². The van der Waals surface area contributed by atoms with Gasteiger partial charge in [0.25, 0.3) is 0 Å². The summed E-state index contributed by atoms with van der Waals surface area (Å²) >= 11 is 0. The highest BCUT2D eigenvalue weighted by Gasteiger charge is 2.28. The predicted octanol–water partition coefficient (Wildman–Crippen LogP) is -0.463. The molecule has 7 heteroatoms. The van der Waals surface area contributed by atoms with E-state index in [-0.39, 0.29) is 5.92 Å². The van der Waals surface area contributed by atoms with Crippen LogP contribution in [0.15, 0.2) is 9.59 Å². The number of carbonyl (C=O) groups is 1. The van der Waals surface area contributed by atoms with E-state index in [1.807, 2.05) is 0 Å². The van der Waals surface area contributed by atoms with Crippen LogP contribution in [0.3, 0.4) is 0 Å². The number of rotatable bonds is 4. The Hall–Kier alpha value is -1.79. The van der Waals surface area contributed by atoms with Gasteiger partial charge < -0.3 is 5.11 Å². The van der Waals surface area contributed by atoms with E-state index in [9.17, 15) is 14.4 Å². The van der Waals surface area contributed by atoms with E-state index in [4.69, 9.17) is 5.11 Å². The van der Waals surface area contributed by atoms with Crippen LogP contribution in [0.1, 0.15) is 26.3 Å². The molecule has 1 rings (SSSR count). The molecule has 0 saturated carbocycles. The summed E-state index contributed by atoms with van der Waals surface area (Å²) in [6, 6.07) is -1.13. The summed E-state index contributed by atoms with van der Waals surface area (Å²) < 4.78 is 0.691. The van der Waals surface area contributed by atoms with Crippen molar-refractivity contribution in [2.45, 2.75) is 26.3 Å². The van der Waals surface area contributed by atoms with Gasteiger partial charge >= 0.3 is 17.3 Å². The molecule has 84 valence electrons. The Balaban J connectivity index is 3.28. The molecule has 0 radical (unpaired) electrons. The van der Waals surface area contributed by atoms with Gasteiger partial charge in [0.2, 0.25) is 0 Å². The third kappa shape index (κ3) is 2.00. The molecular formula is C8H13N3O4. The number of aromatic amines is 2. The molecule has 0 aliphatic heterocycles. The maximum absolute atomic E-state index is 11.2. The third-order valence-electron chi connectivity index (χ3n) is 2.43. The van der Waals surface area contributed by atoms with Crippen LogP contribution in [0.25, 0.3) is 0 Å². The minimum Gasteiger partial charge on any atom is -0.480 e. The van der Waals surface area contributed by atoms with E-state index in [1.165, 1.54) is 0 Å². The molecule has 0 spiro atoms. The summed E-state index contributed by atoms with van der Waals surface area (Å²) in [5.74, 6) is -1.48. The van der Waals surface area contributed by atoms with E-state index in [2.05, 4.69) is 10.2 Å². The number of nitrogens with one attached hydrogen (secondary N) is 2. The van der Waals surface area contributed by atoms with Crippen molar-refractivity contribution in [3.05, 3.63) is 21.0 Å². The highest BCUT2D eigenvalue weighted by molar-refractivity contribution is 5.72. The second-order valence-corrected chi connectivity index (χ2v) is 3.40. The number of aliphatic carboxylic acids is 1. The molecule has 15 heavy (non-hydrogen) atoms. The third-order valence-corrected chi connectivity index (χ3v) is 2.43. The molecule has 1 aromatic heterocycles. The van der Waals surface area contributed by atoms with Gasteiger partial charge in [-0.05, 0) is 5.92 Å². The van der Waals surface area contributed by atoms with Crippen LogP contribution in [-0.2, 0) is 4.79 Å². The molecule has 2 atom stereocenters. The highest BCUT2D eigenvalue weighted by Crippen LogP contribution is 2.17. The summed E-state index contributed by atoms with van der Waals surface area (Å²) in [6.07, 6.45) is 0.564. The standard InChI is InChI=1S/C8H13N3O4/c1-3-4(2)5(6(12)13)11-7(14)9-10-8(11)15/h4-5H,3H2,1-2H3,(H,9,14)(H,10,15)(H,12,13). The van der Waals surface area contributed by atoms with E-state index in [0.717, 1.165) is 0 Å². The zero-order valence-electron chi connectivity index (χ0n) is 8.48. The Bertz CT molecular complexity index is 427. The van der Waals surface area contributed by atoms with Crippen molar-refractivity contribution in [3.8, 4) is 0 Å². The van der Waals surface area contributed by atoms with Crippen LogP contribution < -0.4 is 11.4 Å². The van der Waals surface area contributed by atoms with Crippen LogP contribution in [0.2, 0.25) is 0 Å². The number of nitrogens with zero attached hydrogens (tertiary/aromatic N) is 1. The Labute approximate surface area is 84.7 Å². The molecule has 1 heterocycles. The van der Waals surface area contributed by atoms with Crippen LogP contribution in [-0.4, -0.2) is 25.8 Å². The first kappa shape index (κ1) is 11.3. The van der Waals surface area contributed by atoms with Crippen LogP contribution in [0.5, 0.6) is 0 Å². The quantitative estimate of drug-likeness (QED) is 0.631. The molecule has 0 aliphatic carbocycles. The van der Waals surface area contributed by atoms with E-state index >= 15 is 0 Å². The molecule has 3 N–H and O–H groups in total. The molecule has 0 aromatic carbocycles. The summed E-state index contributed by atoms with van der Waals surface area (Å²) in [5.41, 5.74) is -1.46. The molecule has 0 bridgehead atoms. The van der Waals surface area contributed by atoms with E-state index < -0.39 is 23.4 Å². The number of H-pyrrole nitrogens is 2. The zero-order valence-corrected chi connectivity index (χ0v) is 8.48. The summed E-state index contributed by atoms with van der Waals surface area (Å²) in [6.45, 7) is 3.48. The van der Waals surface area contributed by atoms with Crippen molar-refractivity contribution >= 4 is 5.97 Å². The van der Waals surface area contributed by atoms with Crippen LogP contribution in [0.4, 0.5) is 0 Å². The van der Waals surface area contributed by atoms with Gasteiger partial charge in [-0.1, -0.05) is 20.3 Å².